The van der Waals surface area contributed by atoms with Crippen LogP contribution in [0.25, 0.3) is 0 Å². The molecule has 24 heavy (non-hydrogen) atoms. The SMILES string of the molecule is CSc1ccc(CN=C(N)NC2CCOc3ccccc32)cc1.I. The van der Waals surface area contributed by atoms with Gasteiger partial charge in [0.05, 0.1) is 19.2 Å². The number of ether oxygens (including phenoxy) is 1. The van der Waals surface area contributed by atoms with Gasteiger partial charge in [0.25, 0.3) is 0 Å². The molecule has 6 heteroatoms. The van der Waals surface area contributed by atoms with Crippen molar-refractivity contribution in [3.8, 4) is 5.75 Å². The fourth-order valence-electron chi connectivity index (χ4n) is 2.62. The third kappa shape index (κ3) is 4.80. The zero-order chi connectivity index (χ0) is 16.1. The van der Waals surface area contributed by atoms with Crippen LogP contribution in [0.2, 0.25) is 0 Å². The number of fused-ring (bicyclic) bond motifs is 1. The lowest BCUT2D eigenvalue weighted by atomic mass is 10.0. The average Bonchev–Trinajstić information content (AvgIpc) is 2.61. The van der Waals surface area contributed by atoms with E-state index in [1.807, 2.05) is 18.2 Å². The van der Waals surface area contributed by atoms with Gasteiger partial charge in [0, 0.05) is 16.9 Å². The fourth-order valence-corrected chi connectivity index (χ4v) is 3.03. The quantitative estimate of drug-likeness (QED) is 0.317. The van der Waals surface area contributed by atoms with Gasteiger partial charge in [0.1, 0.15) is 5.75 Å². The minimum absolute atomic E-state index is 0. The van der Waals surface area contributed by atoms with Crippen LogP contribution in [-0.4, -0.2) is 18.8 Å². The van der Waals surface area contributed by atoms with E-state index in [0.29, 0.717) is 19.1 Å². The van der Waals surface area contributed by atoms with Gasteiger partial charge in [-0.2, -0.15) is 0 Å². The highest BCUT2D eigenvalue weighted by atomic mass is 127. The molecule has 1 unspecified atom stereocenters. The van der Waals surface area contributed by atoms with Crippen LogP contribution in [-0.2, 0) is 6.54 Å². The highest BCUT2D eigenvalue weighted by Crippen LogP contribution is 2.31. The van der Waals surface area contributed by atoms with Crippen LogP contribution < -0.4 is 15.8 Å². The summed E-state index contributed by atoms with van der Waals surface area (Å²) in [5, 5.41) is 3.31. The summed E-state index contributed by atoms with van der Waals surface area (Å²) in [4.78, 5) is 5.71. The van der Waals surface area contributed by atoms with E-state index < -0.39 is 0 Å². The minimum Gasteiger partial charge on any atom is -0.493 e. The first-order valence-electron chi connectivity index (χ1n) is 7.67. The average molecular weight is 455 g/mol. The van der Waals surface area contributed by atoms with Crippen molar-refractivity contribution in [2.24, 2.45) is 10.7 Å². The van der Waals surface area contributed by atoms with Crippen molar-refractivity contribution in [1.82, 2.24) is 5.32 Å². The number of para-hydroxylation sites is 1. The van der Waals surface area contributed by atoms with Gasteiger partial charge in [-0.1, -0.05) is 30.3 Å². The third-order valence-electron chi connectivity index (χ3n) is 3.87. The Bertz CT molecular complexity index is 691. The lowest BCUT2D eigenvalue weighted by Gasteiger charge is -2.26. The van der Waals surface area contributed by atoms with E-state index in [2.05, 4.69) is 46.9 Å². The monoisotopic (exact) mass is 455 g/mol. The Morgan fingerprint density at radius 1 is 1.25 bits per heavy atom. The number of rotatable bonds is 4. The van der Waals surface area contributed by atoms with Gasteiger partial charge in [0.15, 0.2) is 5.96 Å². The van der Waals surface area contributed by atoms with Crippen molar-refractivity contribution in [3.05, 3.63) is 59.7 Å². The lowest BCUT2D eigenvalue weighted by Crippen LogP contribution is -2.37. The van der Waals surface area contributed by atoms with E-state index in [1.54, 1.807) is 11.8 Å². The summed E-state index contributed by atoms with van der Waals surface area (Å²) in [5.74, 6) is 1.40. The number of aliphatic imine (C=N–C) groups is 1. The van der Waals surface area contributed by atoms with Gasteiger partial charge in [-0.05, 0) is 30.0 Å². The van der Waals surface area contributed by atoms with Gasteiger partial charge in [-0.3, -0.25) is 0 Å². The summed E-state index contributed by atoms with van der Waals surface area (Å²) >= 11 is 1.73. The predicted octanol–water partition coefficient (Wildman–Crippen LogP) is 3.95. The summed E-state index contributed by atoms with van der Waals surface area (Å²) in [6.45, 7) is 1.27. The molecule has 0 spiro atoms. The number of nitrogens with one attached hydrogen (secondary N) is 1. The van der Waals surface area contributed by atoms with Crippen LogP contribution >= 0.6 is 35.7 Å². The third-order valence-corrected chi connectivity index (χ3v) is 4.62. The maximum Gasteiger partial charge on any atom is 0.189 e. The highest BCUT2D eigenvalue weighted by molar-refractivity contribution is 14.0. The largest absolute Gasteiger partial charge is 0.493 e. The molecule has 0 radical (unpaired) electrons. The van der Waals surface area contributed by atoms with Crippen molar-refractivity contribution in [2.45, 2.75) is 23.9 Å². The number of hydrogen-bond donors (Lipinski definition) is 2. The Labute approximate surface area is 164 Å². The van der Waals surface area contributed by atoms with Crippen molar-refractivity contribution in [1.29, 1.82) is 0 Å². The van der Waals surface area contributed by atoms with Crippen molar-refractivity contribution < 1.29 is 4.74 Å². The minimum atomic E-state index is 0. The highest BCUT2D eigenvalue weighted by Gasteiger charge is 2.21. The molecule has 0 fully saturated rings. The van der Waals surface area contributed by atoms with Gasteiger partial charge in [-0.15, -0.1) is 35.7 Å². The molecule has 0 amide bonds. The van der Waals surface area contributed by atoms with Crippen LogP contribution in [0.5, 0.6) is 5.75 Å². The zero-order valence-electron chi connectivity index (χ0n) is 13.6. The second kappa shape index (κ2) is 9.17. The number of thioether (sulfide) groups is 1. The molecule has 128 valence electrons. The smallest absolute Gasteiger partial charge is 0.189 e. The molecule has 3 rings (SSSR count). The number of nitrogens with zero attached hydrogens (tertiary/aromatic N) is 1. The van der Waals surface area contributed by atoms with E-state index in [4.69, 9.17) is 10.5 Å². The zero-order valence-corrected chi connectivity index (χ0v) is 16.7. The van der Waals surface area contributed by atoms with Crippen LogP contribution in [0.15, 0.2) is 58.4 Å². The summed E-state index contributed by atoms with van der Waals surface area (Å²) in [7, 11) is 0. The molecule has 0 bridgehead atoms. The van der Waals surface area contributed by atoms with Crippen LogP contribution in [0.3, 0.4) is 0 Å². The standard InChI is InChI=1S/C18H21N3OS.HI/c1-23-14-8-6-13(7-9-14)12-20-18(19)21-16-10-11-22-17-5-3-2-4-15(16)17;/h2-9,16H,10-12H2,1H3,(H3,19,20,21);1H. The molecule has 1 atom stereocenters. The van der Waals surface area contributed by atoms with Crippen molar-refractivity contribution >= 4 is 41.7 Å². The first kappa shape index (κ1) is 18.9. The molecule has 0 aromatic heterocycles. The van der Waals surface area contributed by atoms with Gasteiger partial charge >= 0.3 is 0 Å². The summed E-state index contributed by atoms with van der Waals surface area (Å²) in [6, 6.07) is 16.6. The summed E-state index contributed by atoms with van der Waals surface area (Å²) in [6.07, 6.45) is 2.95. The number of benzene rings is 2. The maximum atomic E-state index is 6.06. The molecule has 0 saturated carbocycles. The molecule has 1 aliphatic rings. The van der Waals surface area contributed by atoms with E-state index in [0.717, 1.165) is 23.3 Å². The molecule has 0 aliphatic carbocycles. The van der Waals surface area contributed by atoms with Crippen LogP contribution in [0.4, 0.5) is 0 Å². The predicted molar refractivity (Wildman–Crippen MR) is 111 cm³/mol. The molecule has 2 aromatic carbocycles. The van der Waals surface area contributed by atoms with E-state index >= 15 is 0 Å². The first-order chi connectivity index (χ1) is 11.3. The Morgan fingerprint density at radius 2 is 2.00 bits per heavy atom. The molecule has 3 N–H and O–H groups in total. The Kier molecular flexibility index (Phi) is 7.23. The fraction of sp³-hybridized carbons (Fsp3) is 0.278. The summed E-state index contributed by atoms with van der Waals surface area (Å²) in [5.41, 5.74) is 8.35. The number of hydrogen-bond acceptors (Lipinski definition) is 3. The molecular weight excluding hydrogens is 433 g/mol. The molecule has 2 aromatic rings. The van der Waals surface area contributed by atoms with Crippen LogP contribution in [0, 0.1) is 0 Å². The topological polar surface area (TPSA) is 59.6 Å². The molecule has 1 heterocycles. The number of halogens is 1. The Hall–Kier alpha value is -1.41. The number of nitrogens with two attached hydrogens (primary N) is 1. The second-order valence-electron chi connectivity index (χ2n) is 5.42. The first-order valence-corrected chi connectivity index (χ1v) is 8.90. The molecule has 1 aliphatic heterocycles. The summed E-state index contributed by atoms with van der Waals surface area (Å²) < 4.78 is 5.66. The van der Waals surface area contributed by atoms with Gasteiger partial charge in [-0.25, -0.2) is 4.99 Å². The lowest BCUT2D eigenvalue weighted by molar-refractivity contribution is 0.262. The van der Waals surface area contributed by atoms with Crippen molar-refractivity contribution in [3.63, 3.8) is 0 Å². The Balaban J connectivity index is 0.00000208. The molecule has 0 saturated heterocycles. The second-order valence-corrected chi connectivity index (χ2v) is 6.30. The normalized spacial score (nSPS) is 16.5. The number of guanidine groups is 1. The van der Waals surface area contributed by atoms with E-state index in [-0.39, 0.29) is 30.0 Å². The van der Waals surface area contributed by atoms with Gasteiger partial charge in [0.2, 0.25) is 0 Å². The van der Waals surface area contributed by atoms with Crippen LogP contribution in [0.1, 0.15) is 23.6 Å². The van der Waals surface area contributed by atoms with E-state index in [1.165, 1.54) is 4.90 Å². The molecule has 4 nitrogen and oxygen atoms in total. The van der Waals surface area contributed by atoms with Gasteiger partial charge < -0.3 is 15.8 Å². The van der Waals surface area contributed by atoms with Crippen molar-refractivity contribution in [2.75, 3.05) is 12.9 Å². The maximum absolute atomic E-state index is 6.06. The van der Waals surface area contributed by atoms with E-state index in [9.17, 15) is 0 Å². The molecular formula is C18H22IN3OS. The Morgan fingerprint density at radius 3 is 2.75 bits per heavy atom.